The molecule has 0 spiro atoms. The molecule has 0 heterocycles. The first-order chi connectivity index (χ1) is 6.91. The van der Waals surface area contributed by atoms with Gasteiger partial charge in [-0.25, -0.2) is 12.2 Å². The van der Waals surface area contributed by atoms with Gasteiger partial charge in [-0.1, -0.05) is 0 Å². The number of rotatable bonds is 0. The van der Waals surface area contributed by atoms with Crippen LogP contribution in [0.1, 0.15) is 13.3 Å². The average Bonchev–Trinajstić information content (AvgIpc) is 2.85. The van der Waals surface area contributed by atoms with Gasteiger partial charge in [0.2, 0.25) is 0 Å². The van der Waals surface area contributed by atoms with E-state index in [2.05, 4.69) is 12.2 Å². The topological polar surface area (TPSA) is 68.3 Å². The van der Waals surface area contributed by atoms with E-state index in [9.17, 15) is 0 Å². The third-order valence-electron chi connectivity index (χ3n) is 0.586. The normalized spacial score (nSPS) is 7.53. The zero-order valence-electron chi connectivity index (χ0n) is 8.55. The van der Waals surface area contributed by atoms with Crippen LogP contribution in [-0.4, -0.2) is 26.7 Å². The summed E-state index contributed by atoms with van der Waals surface area (Å²) in [5.74, 6) is 0. The van der Waals surface area contributed by atoms with Crippen LogP contribution in [0.25, 0.3) is 0 Å². The predicted molar refractivity (Wildman–Crippen MR) is 54.3 cm³/mol. The van der Waals surface area contributed by atoms with E-state index in [0.717, 1.165) is 6.42 Å². The molecule has 4 nitrogen and oxygen atoms in total. The molecule has 0 aromatic rings. The Morgan fingerprint density at radius 1 is 1.13 bits per heavy atom. The fraction of sp³-hybridized carbons (Fsp3) is 0.200. The number of carbonyl (C=O) groups is 3. The summed E-state index contributed by atoms with van der Waals surface area (Å²) in [5, 5.41) is 0. The Kier molecular flexibility index (Phi) is 154. The second-order valence-corrected chi connectivity index (χ2v) is 1.21. The molecule has 5 heteroatoms. The van der Waals surface area contributed by atoms with E-state index in [1.165, 1.54) is 13.2 Å². The Balaban J connectivity index is -0.0000000299. The van der Waals surface area contributed by atoms with Crippen LogP contribution in [-0.2, 0) is 36.2 Å². The van der Waals surface area contributed by atoms with E-state index in [0.29, 0.717) is 0 Å². The van der Waals surface area contributed by atoms with Crippen molar-refractivity contribution in [1.82, 2.24) is 0 Å². The van der Waals surface area contributed by atoms with Gasteiger partial charge in [0.25, 0.3) is 0 Å². The monoisotopic (exact) mass is 254 g/mol. The van der Waals surface area contributed by atoms with E-state index >= 15 is 0 Å². The van der Waals surface area contributed by atoms with Gasteiger partial charge in [-0.05, 0) is 0 Å². The van der Waals surface area contributed by atoms with Crippen molar-refractivity contribution in [3.8, 4) is 0 Å². The summed E-state index contributed by atoms with van der Waals surface area (Å²) in [6.45, 7) is 7.32. The molecule has 0 fully saturated rings. The number of hydrogen-bond acceptors (Lipinski definition) is 4. The standard InChI is InChI=1S/C5H5.C2H3O.3CH2O.Fe/c1-2-4-5-3-1;1-2-3;3*1-2;/h1-3H,4H2;1H3;3*1H2;/q2*-1;;;;+2. The maximum absolute atomic E-state index is 8.68. The van der Waals surface area contributed by atoms with E-state index < -0.39 is 0 Å². The Morgan fingerprint density at radius 2 is 1.47 bits per heavy atom. The third kappa shape index (κ3) is 107. The van der Waals surface area contributed by atoms with Crippen molar-refractivity contribution in [1.29, 1.82) is 0 Å². The van der Waals surface area contributed by atoms with Crippen LogP contribution in [0.4, 0.5) is 0 Å². The van der Waals surface area contributed by atoms with Gasteiger partial charge in [0, 0.05) is 0 Å². The van der Waals surface area contributed by atoms with Gasteiger partial charge in [0.15, 0.2) is 0 Å². The van der Waals surface area contributed by atoms with Crippen LogP contribution in [0.5, 0.6) is 0 Å². The van der Waals surface area contributed by atoms with Gasteiger partial charge in [0.1, 0.15) is 20.4 Å². The largest absolute Gasteiger partial charge is 2.00 e. The first-order valence-electron chi connectivity index (χ1n) is 3.29. The Hall–Kier alpha value is -1.32. The number of hydrogen-bond donors (Lipinski definition) is 0. The fourth-order valence-electron chi connectivity index (χ4n) is 0.340. The molecular weight excluding hydrogens is 240 g/mol. The Bertz CT molecular complexity index is 132. The zero-order chi connectivity index (χ0) is 12.2. The number of allylic oxidation sites excluding steroid dienone is 4. The van der Waals surface area contributed by atoms with Gasteiger partial charge in [-0.2, -0.15) is 13.0 Å². The molecule has 0 bridgehead atoms. The maximum atomic E-state index is 8.68. The quantitative estimate of drug-likeness (QED) is 0.475. The summed E-state index contributed by atoms with van der Waals surface area (Å²) in [6.07, 6.45) is 11.5. The molecule has 0 amide bonds. The molecule has 1 rings (SSSR count). The maximum Gasteiger partial charge on any atom is 2.00 e. The molecule has 15 heavy (non-hydrogen) atoms. The molecule has 0 atom stereocenters. The first kappa shape index (κ1) is 29.2. The predicted octanol–water partition coefficient (Wildman–Crippen LogP) is 0.864. The first-order valence-corrected chi connectivity index (χ1v) is 3.29. The minimum Gasteiger partial charge on any atom is -0.542 e. The molecule has 86 valence electrons. The van der Waals surface area contributed by atoms with Gasteiger partial charge in [0.05, 0.1) is 0 Å². The molecule has 0 saturated carbocycles. The Morgan fingerprint density at radius 3 is 1.53 bits per heavy atom. The van der Waals surface area contributed by atoms with Crippen LogP contribution >= 0.6 is 0 Å². The molecule has 0 N–H and O–H groups in total. The summed E-state index contributed by atoms with van der Waals surface area (Å²) in [7, 11) is 0. The summed E-state index contributed by atoms with van der Waals surface area (Å²) in [4.78, 5) is 32.7. The zero-order valence-corrected chi connectivity index (χ0v) is 9.65. The van der Waals surface area contributed by atoms with Crippen LogP contribution in [0, 0.1) is 6.08 Å². The molecule has 0 saturated heterocycles. The molecule has 0 aromatic carbocycles. The van der Waals surface area contributed by atoms with E-state index in [4.69, 9.17) is 19.2 Å². The second kappa shape index (κ2) is 79.0. The molecule has 0 aliphatic heterocycles. The third-order valence-corrected chi connectivity index (χ3v) is 0.586. The minimum atomic E-state index is 0. The summed E-state index contributed by atoms with van der Waals surface area (Å²) in [5.41, 5.74) is 0. The van der Waals surface area contributed by atoms with Crippen molar-refractivity contribution in [2.75, 3.05) is 0 Å². The van der Waals surface area contributed by atoms with Crippen molar-refractivity contribution in [2.45, 2.75) is 13.3 Å². The SMILES string of the molecule is C=O.C=O.C=O.C[C-]=O.[C-]1=CC=CC1.[Fe+2]. The molecular formula is C10H14FeO4. The summed E-state index contributed by atoms with van der Waals surface area (Å²) < 4.78 is 0. The van der Waals surface area contributed by atoms with E-state index in [1.807, 2.05) is 32.5 Å². The summed E-state index contributed by atoms with van der Waals surface area (Å²) >= 11 is 0. The van der Waals surface area contributed by atoms with E-state index in [1.54, 1.807) is 0 Å². The fourth-order valence-corrected chi connectivity index (χ4v) is 0.340. The average molecular weight is 254 g/mol. The van der Waals surface area contributed by atoms with E-state index in [-0.39, 0.29) is 17.1 Å². The van der Waals surface area contributed by atoms with Gasteiger partial charge in [-0.15, -0.1) is 6.42 Å². The Labute approximate surface area is 101 Å². The second-order valence-electron chi connectivity index (χ2n) is 1.21. The molecule has 0 aromatic heterocycles. The smallest absolute Gasteiger partial charge is 0.542 e. The minimum absolute atomic E-state index is 0. The van der Waals surface area contributed by atoms with Crippen molar-refractivity contribution >= 4 is 26.7 Å². The van der Waals surface area contributed by atoms with Gasteiger partial charge >= 0.3 is 17.1 Å². The van der Waals surface area contributed by atoms with Crippen molar-refractivity contribution in [3.63, 3.8) is 0 Å². The van der Waals surface area contributed by atoms with Crippen molar-refractivity contribution < 1.29 is 36.2 Å². The van der Waals surface area contributed by atoms with Gasteiger partial charge in [-0.3, -0.25) is 12.4 Å². The van der Waals surface area contributed by atoms with Crippen LogP contribution in [0.15, 0.2) is 18.2 Å². The van der Waals surface area contributed by atoms with Gasteiger partial charge < -0.3 is 19.2 Å². The molecule has 0 unspecified atom stereocenters. The molecule has 1 aliphatic carbocycles. The van der Waals surface area contributed by atoms with Crippen molar-refractivity contribution in [3.05, 3.63) is 24.3 Å². The van der Waals surface area contributed by atoms with Crippen LogP contribution in [0.3, 0.4) is 0 Å². The molecule has 1 aliphatic rings. The van der Waals surface area contributed by atoms with Crippen molar-refractivity contribution in [2.24, 2.45) is 0 Å². The van der Waals surface area contributed by atoms with Crippen LogP contribution in [0.2, 0.25) is 0 Å². The summed E-state index contributed by atoms with van der Waals surface area (Å²) in [6, 6.07) is 0. The number of carbonyl (C=O) groups excluding carboxylic acids is 4. The molecule has 0 radical (unpaired) electrons. The van der Waals surface area contributed by atoms with Crippen LogP contribution < -0.4 is 0 Å².